The summed E-state index contributed by atoms with van der Waals surface area (Å²) in [7, 11) is 1.93. The van der Waals surface area contributed by atoms with E-state index < -0.39 is 0 Å². The van der Waals surface area contributed by atoms with Gasteiger partial charge in [-0.15, -0.1) is 0 Å². The Bertz CT molecular complexity index is 614. The number of hydrogen-bond donors (Lipinski definition) is 0. The number of likely N-dealkylation sites (N-methyl/N-ethyl adjacent to an activating group) is 1. The van der Waals surface area contributed by atoms with Gasteiger partial charge in [0.25, 0.3) is 0 Å². The predicted octanol–water partition coefficient (Wildman–Crippen LogP) is 2.84. The summed E-state index contributed by atoms with van der Waals surface area (Å²) >= 11 is 0. The van der Waals surface area contributed by atoms with E-state index in [-0.39, 0.29) is 18.0 Å². The molecule has 2 unspecified atom stereocenters. The number of hydrogen-bond acceptors (Lipinski definition) is 3. The van der Waals surface area contributed by atoms with Crippen molar-refractivity contribution in [2.45, 2.75) is 12.2 Å². The molecular weight excluding hydrogens is 267 g/mol. The Kier molecular flexibility index (Phi) is 3.71. The number of halogens is 1. The maximum absolute atomic E-state index is 13.1. The van der Waals surface area contributed by atoms with E-state index in [1.54, 1.807) is 12.1 Å². The molecule has 0 radical (unpaired) electrons. The lowest BCUT2D eigenvalue weighted by atomic mass is 10.1. The highest BCUT2D eigenvalue weighted by Crippen LogP contribution is 2.35. The fourth-order valence-corrected chi connectivity index (χ4v) is 2.92. The number of carbonyl (C=O) groups excluding carboxylic acids is 1. The largest absolute Gasteiger partial charge is 0.341 e. The molecule has 2 aromatic carbocycles. The SMILES string of the molecule is CN1CC(c2ccc(F)cc2)N(c2ccccc2)C1C=O. The second-order valence-corrected chi connectivity index (χ2v) is 5.30. The van der Waals surface area contributed by atoms with E-state index in [1.807, 2.05) is 42.3 Å². The molecule has 1 saturated heterocycles. The van der Waals surface area contributed by atoms with Crippen LogP contribution in [0.1, 0.15) is 11.6 Å². The molecule has 2 atom stereocenters. The van der Waals surface area contributed by atoms with Crippen molar-refractivity contribution in [1.82, 2.24) is 4.90 Å². The average Bonchev–Trinajstić information content (AvgIpc) is 2.85. The van der Waals surface area contributed by atoms with Crippen molar-refractivity contribution in [1.29, 1.82) is 0 Å². The smallest absolute Gasteiger partial charge is 0.157 e. The van der Waals surface area contributed by atoms with Gasteiger partial charge in [0.05, 0.1) is 6.04 Å². The van der Waals surface area contributed by atoms with Crippen LogP contribution in [0.2, 0.25) is 0 Å². The van der Waals surface area contributed by atoms with Crippen LogP contribution >= 0.6 is 0 Å². The lowest BCUT2D eigenvalue weighted by Gasteiger charge is -2.30. The Morgan fingerprint density at radius 3 is 2.38 bits per heavy atom. The molecule has 0 aliphatic carbocycles. The molecule has 0 N–H and O–H groups in total. The highest BCUT2D eigenvalue weighted by Gasteiger charge is 2.38. The quantitative estimate of drug-likeness (QED) is 0.810. The Balaban J connectivity index is 2.01. The number of aldehydes is 1. The Morgan fingerprint density at radius 2 is 1.76 bits per heavy atom. The molecule has 1 fully saturated rings. The molecule has 3 rings (SSSR count). The average molecular weight is 284 g/mol. The highest BCUT2D eigenvalue weighted by molar-refractivity contribution is 5.68. The van der Waals surface area contributed by atoms with Crippen molar-refractivity contribution in [2.75, 3.05) is 18.5 Å². The number of carbonyl (C=O) groups is 1. The van der Waals surface area contributed by atoms with E-state index in [2.05, 4.69) is 4.90 Å². The minimum absolute atomic E-state index is 0.0354. The number of rotatable bonds is 3. The van der Waals surface area contributed by atoms with Gasteiger partial charge in [0, 0.05) is 12.2 Å². The van der Waals surface area contributed by atoms with Crippen molar-refractivity contribution in [3.05, 3.63) is 66.0 Å². The monoisotopic (exact) mass is 284 g/mol. The zero-order chi connectivity index (χ0) is 14.8. The molecule has 21 heavy (non-hydrogen) atoms. The zero-order valence-electron chi connectivity index (χ0n) is 11.8. The van der Waals surface area contributed by atoms with Gasteiger partial charge < -0.3 is 4.90 Å². The molecular formula is C17H17FN2O. The van der Waals surface area contributed by atoms with Gasteiger partial charge in [-0.3, -0.25) is 9.69 Å². The summed E-state index contributed by atoms with van der Waals surface area (Å²) in [5.41, 5.74) is 2.00. The van der Waals surface area contributed by atoms with Gasteiger partial charge in [-0.25, -0.2) is 4.39 Å². The Labute approximate surface area is 123 Å². The van der Waals surface area contributed by atoms with E-state index >= 15 is 0 Å². The molecule has 1 aliphatic heterocycles. The van der Waals surface area contributed by atoms with Gasteiger partial charge in [-0.1, -0.05) is 30.3 Å². The van der Waals surface area contributed by atoms with E-state index in [0.717, 1.165) is 24.1 Å². The minimum atomic E-state index is -0.303. The Morgan fingerprint density at radius 1 is 1.10 bits per heavy atom. The standard InChI is InChI=1S/C17H17FN2O/c1-19-11-16(13-7-9-14(18)10-8-13)20(17(19)12-21)15-5-3-2-4-6-15/h2-10,12,16-17H,11H2,1H3. The fraction of sp³-hybridized carbons (Fsp3) is 0.235. The van der Waals surface area contributed by atoms with Gasteiger partial charge in [-0.2, -0.15) is 0 Å². The highest BCUT2D eigenvalue weighted by atomic mass is 19.1. The number of anilines is 1. The second-order valence-electron chi connectivity index (χ2n) is 5.30. The molecule has 108 valence electrons. The molecule has 3 nitrogen and oxygen atoms in total. The van der Waals surface area contributed by atoms with Crippen LogP contribution in [0, 0.1) is 5.82 Å². The van der Waals surface area contributed by atoms with Crippen LogP contribution in [0.3, 0.4) is 0 Å². The van der Waals surface area contributed by atoms with E-state index in [4.69, 9.17) is 0 Å². The molecule has 0 bridgehead atoms. The van der Waals surface area contributed by atoms with Crippen LogP contribution in [0.5, 0.6) is 0 Å². The zero-order valence-corrected chi connectivity index (χ0v) is 11.8. The second kappa shape index (κ2) is 5.66. The van der Waals surface area contributed by atoms with Crippen molar-refractivity contribution in [3.63, 3.8) is 0 Å². The first kappa shape index (κ1) is 13.8. The third kappa shape index (κ3) is 2.54. The van der Waals surface area contributed by atoms with Crippen molar-refractivity contribution >= 4 is 12.0 Å². The number of nitrogens with zero attached hydrogens (tertiary/aromatic N) is 2. The molecule has 0 amide bonds. The summed E-state index contributed by atoms with van der Waals surface area (Å²) in [5.74, 6) is -0.247. The molecule has 2 aromatic rings. The van der Waals surface area contributed by atoms with Crippen molar-refractivity contribution < 1.29 is 9.18 Å². The van der Waals surface area contributed by atoms with Crippen molar-refractivity contribution in [2.24, 2.45) is 0 Å². The van der Waals surface area contributed by atoms with E-state index in [9.17, 15) is 9.18 Å². The first-order valence-corrected chi connectivity index (χ1v) is 6.95. The summed E-state index contributed by atoms with van der Waals surface area (Å²) in [5, 5.41) is 0. The van der Waals surface area contributed by atoms with E-state index in [0.29, 0.717) is 0 Å². The molecule has 1 heterocycles. The lowest BCUT2D eigenvalue weighted by Crippen LogP contribution is -2.38. The van der Waals surface area contributed by atoms with Crippen LogP contribution < -0.4 is 4.90 Å². The van der Waals surface area contributed by atoms with Gasteiger partial charge in [-0.05, 0) is 36.9 Å². The summed E-state index contributed by atoms with van der Waals surface area (Å²) in [6.07, 6.45) is 0.652. The molecule has 4 heteroatoms. The van der Waals surface area contributed by atoms with Gasteiger partial charge in [0.15, 0.2) is 6.29 Å². The summed E-state index contributed by atoms with van der Waals surface area (Å²) in [6.45, 7) is 0.726. The molecule has 0 saturated carbocycles. The maximum Gasteiger partial charge on any atom is 0.157 e. The van der Waals surface area contributed by atoms with Crippen LogP contribution in [-0.4, -0.2) is 30.9 Å². The van der Waals surface area contributed by atoms with Gasteiger partial charge in [0.1, 0.15) is 12.0 Å². The van der Waals surface area contributed by atoms with Crippen LogP contribution in [-0.2, 0) is 4.79 Å². The summed E-state index contributed by atoms with van der Waals surface area (Å²) in [6, 6.07) is 16.4. The lowest BCUT2D eigenvalue weighted by molar-refractivity contribution is -0.111. The summed E-state index contributed by atoms with van der Waals surface area (Å²) in [4.78, 5) is 15.6. The minimum Gasteiger partial charge on any atom is -0.341 e. The first-order chi connectivity index (χ1) is 10.2. The summed E-state index contributed by atoms with van der Waals surface area (Å²) < 4.78 is 13.1. The molecule has 0 spiro atoms. The fourth-order valence-electron chi connectivity index (χ4n) is 2.92. The van der Waals surface area contributed by atoms with Crippen LogP contribution in [0.4, 0.5) is 10.1 Å². The maximum atomic E-state index is 13.1. The first-order valence-electron chi connectivity index (χ1n) is 6.95. The predicted molar refractivity (Wildman–Crippen MR) is 80.5 cm³/mol. The van der Waals surface area contributed by atoms with E-state index in [1.165, 1.54) is 12.1 Å². The third-order valence-electron chi connectivity index (χ3n) is 3.96. The van der Waals surface area contributed by atoms with Crippen LogP contribution in [0.25, 0.3) is 0 Å². The number of para-hydroxylation sites is 1. The molecule has 0 aromatic heterocycles. The van der Waals surface area contributed by atoms with Crippen LogP contribution in [0.15, 0.2) is 54.6 Å². The third-order valence-corrected chi connectivity index (χ3v) is 3.96. The number of benzene rings is 2. The normalized spacial score (nSPS) is 22.5. The Hall–Kier alpha value is -2.20. The van der Waals surface area contributed by atoms with Gasteiger partial charge in [0.2, 0.25) is 0 Å². The molecule has 1 aliphatic rings. The van der Waals surface area contributed by atoms with Gasteiger partial charge >= 0.3 is 0 Å². The topological polar surface area (TPSA) is 23.6 Å². The van der Waals surface area contributed by atoms with Crippen molar-refractivity contribution in [3.8, 4) is 0 Å².